The number of carbonyl (C=O) groups excluding carboxylic acids is 1. The van der Waals surface area contributed by atoms with E-state index in [1.54, 1.807) is 11.8 Å². The van der Waals surface area contributed by atoms with Crippen LogP contribution in [0.2, 0.25) is 0 Å². The van der Waals surface area contributed by atoms with E-state index in [1.807, 2.05) is 0 Å². The van der Waals surface area contributed by atoms with Crippen molar-refractivity contribution in [1.29, 1.82) is 0 Å². The van der Waals surface area contributed by atoms with Gasteiger partial charge in [0.15, 0.2) is 0 Å². The van der Waals surface area contributed by atoms with E-state index >= 15 is 0 Å². The van der Waals surface area contributed by atoms with E-state index < -0.39 is 11.4 Å². The lowest BCUT2D eigenvalue weighted by atomic mass is 9.82. The van der Waals surface area contributed by atoms with Crippen LogP contribution in [-0.4, -0.2) is 41.1 Å². The van der Waals surface area contributed by atoms with Crippen LogP contribution >= 0.6 is 0 Å². The monoisotopic (exact) mass is 270 g/mol. The third-order valence-corrected chi connectivity index (χ3v) is 3.96. The number of likely N-dealkylation sites (tertiary alicyclic amines) is 1. The van der Waals surface area contributed by atoms with Crippen molar-refractivity contribution < 1.29 is 14.7 Å². The average molecular weight is 270 g/mol. The minimum Gasteiger partial charge on any atom is -0.481 e. The predicted octanol–water partition coefficient (Wildman–Crippen LogP) is 2.46. The van der Waals surface area contributed by atoms with Gasteiger partial charge in [0.25, 0.3) is 0 Å². The molecule has 1 aliphatic rings. The number of hydrogen-bond donors (Lipinski definition) is 2. The molecule has 110 valence electrons. The Morgan fingerprint density at radius 3 is 2.63 bits per heavy atom. The minimum absolute atomic E-state index is 0.118. The number of nitrogens with zero attached hydrogens (tertiary/aromatic N) is 1. The molecule has 1 aliphatic heterocycles. The molecule has 0 aromatic heterocycles. The Bertz CT molecular complexity index is 333. The summed E-state index contributed by atoms with van der Waals surface area (Å²) in [6, 6.07) is 0.0722. The van der Waals surface area contributed by atoms with E-state index in [4.69, 9.17) is 0 Å². The molecule has 2 atom stereocenters. The summed E-state index contributed by atoms with van der Waals surface area (Å²) in [6.07, 6.45) is 4.29. The van der Waals surface area contributed by atoms with Crippen molar-refractivity contribution in [3.8, 4) is 0 Å². The van der Waals surface area contributed by atoms with Crippen molar-refractivity contribution >= 4 is 12.0 Å². The number of amides is 2. The molecular weight excluding hydrogens is 244 g/mol. The third kappa shape index (κ3) is 4.11. The highest BCUT2D eigenvalue weighted by Gasteiger charge is 2.39. The quantitative estimate of drug-likeness (QED) is 0.806. The molecule has 19 heavy (non-hydrogen) atoms. The van der Waals surface area contributed by atoms with Gasteiger partial charge in [-0.3, -0.25) is 4.79 Å². The summed E-state index contributed by atoms with van der Waals surface area (Å²) in [5.41, 5.74) is -0.804. The van der Waals surface area contributed by atoms with Gasteiger partial charge >= 0.3 is 12.0 Å². The highest BCUT2D eigenvalue weighted by atomic mass is 16.4. The summed E-state index contributed by atoms with van der Waals surface area (Å²) in [5.74, 6) is -0.814. The van der Waals surface area contributed by atoms with E-state index in [0.717, 1.165) is 25.7 Å². The topological polar surface area (TPSA) is 69.6 Å². The molecule has 2 unspecified atom stereocenters. The zero-order valence-corrected chi connectivity index (χ0v) is 12.2. The maximum Gasteiger partial charge on any atom is 0.317 e. The van der Waals surface area contributed by atoms with Gasteiger partial charge in [0.05, 0.1) is 5.41 Å². The number of carboxylic acid groups (broad SMARTS) is 1. The molecular formula is C14H26N2O3. The van der Waals surface area contributed by atoms with Gasteiger partial charge in [-0.05, 0) is 32.6 Å². The summed E-state index contributed by atoms with van der Waals surface area (Å²) in [7, 11) is 0. The lowest BCUT2D eigenvalue weighted by Gasteiger charge is -2.38. The van der Waals surface area contributed by atoms with Gasteiger partial charge in [0.2, 0.25) is 0 Å². The van der Waals surface area contributed by atoms with Crippen molar-refractivity contribution in [2.45, 2.75) is 58.9 Å². The van der Waals surface area contributed by atoms with Crippen LogP contribution in [0.4, 0.5) is 4.79 Å². The van der Waals surface area contributed by atoms with E-state index in [-0.39, 0.29) is 12.1 Å². The van der Waals surface area contributed by atoms with Crippen LogP contribution in [0.5, 0.6) is 0 Å². The minimum atomic E-state index is -0.814. The smallest absolute Gasteiger partial charge is 0.317 e. The first-order valence-corrected chi connectivity index (χ1v) is 7.21. The Hall–Kier alpha value is -1.26. The SMILES string of the molecule is CCCC(CC)NC(=O)N1CCCC(C)(C(=O)O)C1. The molecule has 0 bridgehead atoms. The number of carbonyl (C=O) groups is 2. The molecule has 1 heterocycles. The first-order valence-electron chi connectivity index (χ1n) is 7.21. The highest BCUT2D eigenvalue weighted by molar-refractivity contribution is 5.78. The fraction of sp³-hybridized carbons (Fsp3) is 0.857. The Balaban J connectivity index is 2.59. The standard InChI is InChI=1S/C14H26N2O3/c1-4-7-11(5-2)15-13(19)16-9-6-8-14(3,10-16)12(17)18/h11H,4-10H2,1-3H3,(H,15,19)(H,17,18). The second kappa shape index (κ2) is 6.78. The van der Waals surface area contributed by atoms with Gasteiger partial charge in [0, 0.05) is 19.1 Å². The Kier molecular flexibility index (Phi) is 5.63. The Labute approximate surface area is 115 Å². The summed E-state index contributed by atoms with van der Waals surface area (Å²) < 4.78 is 0. The van der Waals surface area contributed by atoms with Crippen LogP contribution in [0, 0.1) is 5.41 Å². The van der Waals surface area contributed by atoms with Crippen LogP contribution in [0.1, 0.15) is 52.9 Å². The molecule has 2 N–H and O–H groups in total. The molecule has 1 fully saturated rings. The van der Waals surface area contributed by atoms with Crippen LogP contribution in [-0.2, 0) is 4.79 Å². The molecule has 0 saturated carbocycles. The fourth-order valence-electron chi connectivity index (χ4n) is 2.58. The van der Waals surface area contributed by atoms with Gasteiger partial charge in [-0.15, -0.1) is 0 Å². The molecule has 0 spiro atoms. The number of carboxylic acids is 1. The van der Waals surface area contributed by atoms with Crippen LogP contribution < -0.4 is 5.32 Å². The third-order valence-electron chi connectivity index (χ3n) is 3.96. The Morgan fingerprint density at radius 1 is 1.42 bits per heavy atom. The number of urea groups is 1. The van der Waals surface area contributed by atoms with Gasteiger partial charge in [-0.25, -0.2) is 4.79 Å². The normalized spacial score (nSPS) is 24.9. The number of piperidine rings is 1. The number of rotatable bonds is 5. The molecule has 0 aromatic rings. The molecule has 0 radical (unpaired) electrons. The van der Waals surface area contributed by atoms with Crippen molar-refractivity contribution in [3.63, 3.8) is 0 Å². The van der Waals surface area contributed by atoms with Crippen molar-refractivity contribution in [1.82, 2.24) is 10.2 Å². The molecule has 0 aliphatic carbocycles. The van der Waals surface area contributed by atoms with Gasteiger partial charge in [-0.1, -0.05) is 20.3 Å². The van der Waals surface area contributed by atoms with Crippen LogP contribution in [0.15, 0.2) is 0 Å². The second-order valence-electron chi connectivity index (χ2n) is 5.73. The Morgan fingerprint density at radius 2 is 2.11 bits per heavy atom. The van der Waals surface area contributed by atoms with E-state index in [0.29, 0.717) is 19.5 Å². The van der Waals surface area contributed by atoms with Gasteiger partial charge < -0.3 is 15.3 Å². The molecule has 5 heteroatoms. The van der Waals surface area contributed by atoms with Gasteiger partial charge in [0.1, 0.15) is 0 Å². The number of aliphatic carboxylic acids is 1. The lowest BCUT2D eigenvalue weighted by Crippen LogP contribution is -2.53. The average Bonchev–Trinajstić information content (AvgIpc) is 2.38. The number of nitrogens with one attached hydrogen (secondary N) is 1. The second-order valence-corrected chi connectivity index (χ2v) is 5.73. The largest absolute Gasteiger partial charge is 0.481 e. The molecule has 1 rings (SSSR count). The molecule has 1 saturated heterocycles. The fourth-order valence-corrected chi connectivity index (χ4v) is 2.58. The first kappa shape index (κ1) is 15.8. The summed E-state index contributed by atoms with van der Waals surface area (Å²) >= 11 is 0. The van der Waals surface area contributed by atoms with Crippen LogP contribution in [0.25, 0.3) is 0 Å². The van der Waals surface area contributed by atoms with Crippen molar-refractivity contribution in [2.24, 2.45) is 5.41 Å². The summed E-state index contributed by atoms with van der Waals surface area (Å²) in [6.45, 7) is 6.82. The molecule has 5 nitrogen and oxygen atoms in total. The highest BCUT2D eigenvalue weighted by Crippen LogP contribution is 2.29. The molecule has 0 aromatic carbocycles. The maximum absolute atomic E-state index is 12.2. The zero-order chi connectivity index (χ0) is 14.5. The lowest BCUT2D eigenvalue weighted by molar-refractivity contribution is -0.150. The van der Waals surface area contributed by atoms with E-state index in [9.17, 15) is 14.7 Å². The van der Waals surface area contributed by atoms with Crippen molar-refractivity contribution in [3.05, 3.63) is 0 Å². The number of hydrogen-bond acceptors (Lipinski definition) is 2. The summed E-state index contributed by atoms with van der Waals surface area (Å²) in [4.78, 5) is 25.1. The molecule has 2 amide bonds. The van der Waals surface area contributed by atoms with Crippen LogP contribution in [0.3, 0.4) is 0 Å². The first-order chi connectivity index (χ1) is 8.92. The van der Waals surface area contributed by atoms with E-state index in [1.165, 1.54) is 0 Å². The van der Waals surface area contributed by atoms with Crippen molar-refractivity contribution in [2.75, 3.05) is 13.1 Å². The maximum atomic E-state index is 12.2. The van der Waals surface area contributed by atoms with Gasteiger partial charge in [-0.2, -0.15) is 0 Å². The van der Waals surface area contributed by atoms with E-state index in [2.05, 4.69) is 19.2 Å². The zero-order valence-electron chi connectivity index (χ0n) is 12.2. The summed E-state index contributed by atoms with van der Waals surface area (Å²) in [5, 5.41) is 12.3. The predicted molar refractivity (Wildman–Crippen MR) is 74.1 cm³/mol.